The lowest BCUT2D eigenvalue weighted by Gasteiger charge is -2.41. The molecule has 29 heavy (non-hydrogen) atoms. The molecule has 1 amide bonds. The summed E-state index contributed by atoms with van der Waals surface area (Å²) in [6.45, 7) is 1.56. The molecule has 0 bridgehead atoms. The van der Waals surface area contributed by atoms with Crippen molar-refractivity contribution in [2.24, 2.45) is 11.3 Å². The first-order valence-electron chi connectivity index (χ1n) is 9.32. The van der Waals surface area contributed by atoms with Crippen molar-refractivity contribution in [2.75, 3.05) is 6.61 Å². The summed E-state index contributed by atoms with van der Waals surface area (Å²) in [5.74, 6) is -2.57. The van der Waals surface area contributed by atoms with Crippen LogP contribution in [0.1, 0.15) is 36.9 Å². The van der Waals surface area contributed by atoms with Crippen LogP contribution in [0.25, 0.3) is 0 Å². The number of benzene rings is 1. The molecule has 5 N–H and O–H groups in total. The number of hydrogen-bond donors (Lipinski definition) is 5. The summed E-state index contributed by atoms with van der Waals surface area (Å²) in [5, 5.41) is 26.4. The van der Waals surface area contributed by atoms with E-state index in [9.17, 15) is 32.6 Å². The van der Waals surface area contributed by atoms with Crippen LogP contribution < -0.4 is 16.1 Å². The molecule has 4 rings (SSSR count). The molecule has 2 heterocycles. The third-order valence-electron chi connectivity index (χ3n) is 6.09. The van der Waals surface area contributed by atoms with Gasteiger partial charge in [0.15, 0.2) is 6.35 Å². The van der Waals surface area contributed by atoms with Crippen molar-refractivity contribution in [1.82, 2.24) is 21.1 Å². The van der Waals surface area contributed by atoms with Crippen molar-refractivity contribution in [3.05, 3.63) is 35.1 Å². The van der Waals surface area contributed by atoms with E-state index in [0.29, 0.717) is 5.56 Å². The second-order valence-electron chi connectivity index (χ2n) is 8.17. The zero-order valence-electron chi connectivity index (χ0n) is 15.5. The predicted octanol–water partition coefficient (Wildman–Crippen LogP) is 0.804. The van der Waals surface area contributed by atoms with E-state index in [-0.39, 0.29) is 12.0 Å². The van der Waals surface area contributed by atoms with E-state index in [1.165, 1.54) is 6.07 Å². The number of carbonyl (C=O) groups excluding carboxylic acids is 1. The normalized spacial score (nSPS) is 32.6. The van der Waals surface area contributed by atoms with E-state index in [2.05, 4.69) is 16.1 Å². The highest BCUT2D eigenvalue weighted by atomic mass is 19.4. The topological polar surface area (TPSA) is 96.9 Å². The number of carbonyl (C=O) groups is 1. The number of halogens is 4. The molecule has 0 radical (unpaired) electrons. The Morgan fingerprint density at radius 3 is 2.59 bits per heavy atom. The predicted molar refractivity (Wildman–Crippen MR) is 91.9 cm³/mol. The Labute approximate surface area is 164 Å². The molecule has 0 spiro atoms. The zero-order valence-corrected chi connectivity index (χ0v) is 15.5. The number of rotatable bonds is 4. The van der Waals surface area contributed by atoms with Crippen molar-refractivity contribution >= 4 is 5.91 Å². The van der Waals surface area contributed by atoms with E-state index in [0.717, 1.165) is 25.0 Å². The van der Waals surface area contributed by atoms with Crippen molar-refractivity contribution in [1.29, 1.82) is 0 Å². The van der Waals surface area contributed by atoms with E-state index in [1.807, 2.05) is 6.92 Å². The summed E-state index contributed by atoms with van der Waals surface area (Å²) in [6.07, 6.45) is -5.33. The summed E-state index contributed by atoms with van der Waals surface area (Å²) < 4.78 is 53.2. The van der Waals surface area contributed by atoms with Gasteiger partial charge in [0.05, 0.1) is 36.3 Å². The maximum atomic E-state index is 14.3. The van der Waals surface area contributed by atoms with Gasteiger partial charge in [-0.1, -0.05) is 13.0 Å². The third-order valence-corrected chi connectivity index (χ3v) is 6.09. The molecule has 1 aromatic carbocycles. The molecule has 160 valence electrons. The second-order valence-corrected chi connectivity index (χ2v) is 8.17. The molecule has 5 atom stereocenters. The smallest absolute Gasteiger partial charge is 0.395 e. The van der Waals surface area contributed by atoms with Crippen molar-refractivity contribution < 1.29 is 32.6 Å². The number of hydrazine groups is 1. The summed E-state index contributed by atoms with van der Waals surface area (Å²) in [5.41, 5.74) is 1.66. The molecule has 5 unspecified atom stereocenters. The Kier molecular flexibility index (Phi) is 4.86. The van der Waals surface area contributed by atoms with Gasteiger partial charge in [0.2, 0.25) is 5.91 Å². The standard InChI is InChI=1S/C18H22F4N4O3/c1-17(4-5-17)13(8-2-3-9(10(19)6-8)18(20,21)22)26-14-12(11(7-27)25-26)15(28)24-16(29)23-14/h2-3,6,11-14,16,23,25,27,29H,4-5,7H2,1H3,(H,24,28). The number of amides is 1. The number of aliphatic hydroxyl groups is 2. The van der Waals surface area contributed by atoms with Gasteiger partial charge in [-0.15, -0.1) is 0 Å². The fraction of sp³-hybridized carbons (Fsp3) is 0.611. The van der Waals surface area contributed by atoms with E-state index in [1.54, 1.807) is 5.01 Å². The molecule has 2 aliphatic heterocycles. The van der Waals surface area contributed by atoms with Crippen LogP contribution in [-0.4, -0.2) is 46.3 Å². The molecule has 3 fully saturated rings. The Morgan fingerprint density at radius 1 is 1.34 bits per heavy atom. The van der Waals surface area contributed by atoms with Gasteiger partial charge in [-0.3, -0.25) is 10.1 Å². The first-order chi connectivity index (χ1) is 13.5. The van der Waals surface area contributed by atoms with Gasteiger partial charge in [0, 0.05) is 0 Å². The lowest BCUT2D eigenvalue weighted by Crippen LogP contribution is -2.65. The minimum atomic E-state index is -4.80. The van der Waals surface area contributed by atoms with Crippen LogP contribution in [0.5, 0.6) is 0 Å². The zero-order chi connectivity index (χ0) is 21.1. The fourth-order valence-electron chi connectivity index (χ4n) is 4.38. The number of fused-ring (bicyclic) bond motifs is 1. The average Bonchev–Trinajstić information content (AvgIpc) is 3.24. The molecule has 11 heteroatoms. The largest absolute Gasteiger partial charge is 0.419 e. The second kappa shape index (κ2) is 6.88. The van der Waals surface area contributed by atoms with Crippen LogP contribution >= 0.6 is 0 Å². The SMILES string of the molecule is CC1(C(c2ccc(C(F)(F)F)c(F)c2)N2NC(CO)C3C(=O)NC(O)NC32)CC1. The van der Waals surface area contributed by atoms with Crippen molar-refractivity contribution in [3.63, 3.8) is 0 Å². The number of hydrogen-bond acceptors (Lipinski definition) is 6. The lowest BCUT2D eigenvalue weighted by atomic mass is 9.89. The van der Waals surface area contributed by atoms with Crippen LogP contribution in [0.3, 0.4) is 0 Å². The Morgan fingerprint density at radius 2 is 2.03 bits per heavy atom. The highest BCUT2D eigenvalue weighted by Gasteiger charge is 2.57. The number of nitrogens with zero attached hydrogens (tertiary/aromatic N) is 1. The highest BCUT2D eigenvalue weighted by molar-refractivity contribution is 5.81. The molecular formula is C18H22F4N4O3. The van der Waals surface area contributed by atoms with Gasteiger partial charge in [0.1, 0.15) is 5.82 Å². The molecule has 3 aliphatic rings. The van der Waals surface area contributed by atoms with E-state index in [4.69, 9.17) is 0 Å². The maximum Gasteiger partial charge on any atom is 0.419 e. The third kappa shape index (κ3) is 3.50. The number of nitrogens with one attached hydrogen (secondary N) is 3. The van der Waals surface area contributed by atoms with Crippen molar-refractivity contribution in [3.8, 4) is 0 Å². The van der Waals surface area contributed by atoms with Gasteiger partial charge >= 0.3 is 6.18 Å². The van der Waals surface area contributed by atoms with Crippen LogP contribution in [0, 0.1) is 17.2 Å². The van der Waals surface area contributed by atoms with E-state index < -0.39 is 54.0 Å². The monoisotopic (exact) mass is 418 g/mol. The lowest BCUT2D eigenvalue weighted by molar-refractivity contribution is -0.140. The molecule has 0 aromatic heterocycles. The Bertz CT molecular complexity index is 817. The van der Waals surface area contributed by atoms with E-state index >= 15 is 0 Å². The summed E-state index contributed by atoms with van der Waals surface area (Å²) in [7, 11) is 0. The fourth-order valence-corrected chi connectivity index (χ4v) is 4.38. The quantitative estimate of drug-likeness (QED) is 0.465. The van der Waals surface area contributed by atoms with Crippen LogP contribution in [0.4, 0.5) is 17.6 Å². The van der Waals surface area contributed by atoms with Crippen LogP contribution in [-0.2, 0) is 11.0 Å². The maximum absolute atomic E-state index is 14.3. The molecule has 7 nitrogen and oxygen atoms in total. The summed E-state index contributed by atoms with van der Waals surface area (Å²) in [4.78, 5) is 12.4. The Balaban J connectivity index is 1.73. The van der Waals surface area contributed by atoms with Gasteiger partial charge in [0.25, 0.3) is 0 Å². The highest BCUT2D eigenvalue weighted by Crippen LogP contribution is 2.58. The Hall–Kier alpha value is -1.79. The van der Waals surface area contributed by atoms with Gasteiger partial charge < -0.3 is 15.5 Å². The number of aliphatic hydroxyl groups excluding tert-OH is 2. The minimum Gasteiger partial charge on any atom is -0.395 e. The van der Waals surface area contributed by atoms with Gasteiger partial charge in [-0.05, 0) is 36.0 Å². The summed E-state index contributed by atoms with van der Waals surface area (Å²) in [6, 6.07) is 1.59. The van der Waals surface area contributed by atoms with Crippen LogP contribution in [0.2, 0.25) is 0 Å². The first kappa shape index (κ1) is 20.5. The summed E-state index contributed by atoms with van der Waals surface area (Å²) >= 11 is 0. The number of alkyl halides is 3. The van der Waals surface area contributed by atoms with Gasteiger partial charge in [-0.2, -0.15) is 13.2 Å². The molecular weight excluding hydrogens is 396 g/mol. The molecule has 2 saturated heterocycles. The molecule has 1 aromatic rings. The van der Waals surface area contributed by atoms with Gasteiger partial charge in [-0.25, -0.2) is 14.8 Å². The van der Waals surface area contributed by atoms with Crippen LogP contribution in [0.15, 0.2) is 18.2 Å². The minimum absolute atomic E-state index is 0.322. The first-order valence-corrected chi connectivity index (χ1v) is 9.32. The van der Waals surface area contributed by atoms with Crippen molar-refractivity contribution in [2.45, 2.75) is 50.5 Å². The average molecular weight is 418 g/mol. The molecule has 1 saturated carbocycles. The molecule has 1 aliphatic carbocycles.